The van der Waals surface area contributed by atoms with Crippen LogP contribution in [0.5, 0.6) is 5.75 Å². The summed E-state index contributed by atoms with van der Waals surface area (Å²) in [6, 6.07) is 7.52. The summed E-state index contributed by atoms with van der Waals surface area (Å²) in [6.07, 6.45) is 1.45. The van der Waals surface area contributed by atoms with Crippen LogP contribution in [0.3, 0.4) is 0 Å². The van der Waals surface area contributed by atoms with Gasteiger partial charge in [0.05, 0.1) is 13.0 Å². The number of nitrogens with two attached hydrogens (primary N) is 1. The van der Waals surface area contributed by atoms with E-state index in [0.29, 0.717) is 13.0 Å². The van der Waals surface area contributed by atoms with E-state index in [0.717, 1.165) is 17.7 Å². The first-order chi connectivity index (χ1) is 8.09. The van der Waals surface area contributed by atoms with E-state index in [1.807, 2.05) is 31.2 Å². The predicted octanol–water partition coefficient (Wildman–Crippen LogP) is 1.96. The van der Waals surface area contributed by atoms with E-state index in [1.54, 1.807) is 0 Å². The Morgan fingerprint density at radius 1 is 1.47 bits per heavy atom. The molecule has 0 bridgehead atoms. The van der Waals surface area contributed by atoms with Crippen molar-refractivity contribution in [3.05, 3.63) is 29.8 Å². The summed E-state index contributed by atoms with van der Waals surface area (Å²) < 4.78 is 5.59. The van der Waals surface area contributed by atoms with Crippen molar-refractivity contribution in [1.29, 1.82) is 0 Å². The van der Waals surface area contributed by atoms with Crippen LogP contribution < -0.4 is 10.5 Å². The van der Waals surface area contributed by atoms with Gasteiger partial charge in [-0.25, -0.2) is 0 Å². The molecule has 1 atom stereocenters. The minimum atomic E-state index is -0.850. The van der Waals surface area contributed by atoms with Gasteiger partial charge in [0.25, 0.3) is 0 Å². The van der Waals surface area contributed by atoms with Crippen LogP contribution in [-0.2, 0) is 4.79 Å². The Hall–Kier alpha value is -1.55. The van der Waals surface area contributed by atoms with Gasteiger partial charge in [-0.05, 0) is 31.4 Å². The molecule has 0 saturated heterocycles. The Balaban J connectivity index is 2.20. The molecule has 4 heteroatoms. The third kappa shape index (κ3) is 5.36. The summed E-state index contributed by atoms with van der Waals surface area (Å²) >= 11 is 0. The van der Waals surface area contributed by atoms with Gasteiger partial charge < -0.3 is 15.6 Å². The first-order valence-corrected chi connectivity index (χ1v) is 5.75. The Labute approximate surface area is 101 Å². The van der Waals surface area contributed by atoms with E-state index in [4.69, 9.17) is 15.6 Å². The summed E-state index contributed by atoms with van der Waals surface area (Å²) in [6.45, 7) is 2.56. The van der Waals surface area contributed by atoms with Crippen LogP contribution >= 0.6 is 0 Å². The van der Waals surface area contributed by atoms with Crippen molar-refractivity contribution >= 4 is 5.97 Å². The lowest BCUT2D eigenvalue weighted by Crippen LogP contribution is -2.24. The highest BCUT2D eigenvalue weighted by Crippen LogP contribution is 2.16. The molecule has 0 aliphatic heterocycles. The molecule has 0 aliphatic rings. The van der Waals surface area contributed by atoms with Gasteiger partial charge in [-0.2, -0.15) is 0 Å². The highest BCUT2D eigenvalue weighted by atomic mass is 16.5. The first kappa shape index (κ1) is 13.5. The first-order valence-electron chi connectivity index (χ1n) is 5.75. The quantitative estimate of drug-likeness (QED) is 0.711. The van der Waals surface area contributed by atoms with Gasteiger partial charge in [0.1, 0.15) is 5.75 Å². The Bertz CT molecular complexity index is 365. The molecule has 0 unspecified atom stereocenters. The molecule has 1 aromatic rings. The molecule has 4 nitrogen and oxygen atoms in total. The lowest BCUT2D eigenvalue weighted by Gasteiger charge is -2.11. The number of aliphatic carboxylic acids is 1. The fourth-order valence-electron chi connectivity index (χ4n) is 1.57. The normalized spacial score (nSPS) is 12.1. The number of carbonyl (C=O) groups is 1. The average Bonchev–Trinajstić information content (AvgIpc) is 2.25. The van der Waals surface area contributed by atoms with Gasteiger partial charge in [-0.3, -0.25) is 4.79 Å². The number of carboxylic acid groups (broad SMARTS) is 1. The molecule has 0 fully saturated rings. The maximum Gasteiger partial charge on any atom is 0.304 e. The summed E-state index contributed by atoms with van der Waals surface area (Å²) in [7, 11) is 0. The summed E-state index contributed by atoms with van der Waals surface area (Å²) in [4.78, 5) is 10.4. The fraction of sp³-hybridized carbons (Fsp3) is 0.462. The third-order valence-electron chi connectivity index (χ3n) is 2.51. The Kier molecular flexibility index (Phi) is 5.49. The number of benzene rings is 1. The highest BCUT2D eigenvalue weighted by molar-refractivity contribution is 5.67. The van der Waals surface area contributed by atoms with Crippen molar-refractivity contribution in [3.8, 4) is 5.75 Å². The summed E-state index contributed by atoms with van der Waals surface area (Å²) in [5.74, 6) is 0.0247. The minimum Gasteiger partial charge on any atom is -0.493 e. The number of hydrogen-bond donors (Lipinski definition) is 2. The van der Waals surface area contributed by atoms with E-state index in [-0.39, 0.29) is 12.5 Å². The second-order valence-electron chi connectivity index (χ2n) is 4.11. The zero-order valence-electron chi connectivity index (χ0n) is 10.1. The number of rotatable bonds is 7. The number of para-hydroxylation sites is 1. The van der Waals surface area contributed by atoms with Crippen molar-refractivity contribution in [1.82, 2.24) is 0 Å². The molecular weight excluding hydrogens is 218 g/mol. The average molecular weight is 237 g/mol. The maximum absolute atomic E-state index is 10.4. The van der Waals surface area contributed by atoms with E-state index in [1.165, 1.54) is 0 Å². The van der Waals surface area contributed by atoms with Gasteiger partial charge in [0.15, 0.2) is 0 Å². The molecule has 0 heterocycles. The van der Waals surface area contributed by atoms with Crippen molar-refractivity contribution < 1.29 is 14.6 Å². The van der Waals surface area contributed by atoms with Crippen LogP contribution in [0.25, 0.3) is 0 Å². The van der Waals surface area contributed by atoms with E-state index in [9.17, 15) is 4.79 Å². The molecular formula is C13H19NO3. The number of hydrogen-bond acceptors (Lipinski definition) is 3. The Morgan fingerprint density at radius 2 is 2.18 bits per heavy atom. The second-order valence-corrected chi connectivity index (χ2v) is 4.11. The standard InChI is InChI=1S/C13H19NO3/c1-10-5-2-3-7-12(10)17-8-4-6-11(14)9-13(15)16/h2-3,5,7,11H,4,6,8-9,14H2,1H3,(H,15,16)/t11-/m1/s1. The lowest BCUT2D eigenvalue weighted by atomic mass is 10.1. The molecule has 3 N–H and O–H groups in total. The maximum atomic E-state index is 10.4. The molecule has 17 heavy (non-hydrogen) atoms. The van der Waals surface area contributed by atoms with Crippen molar-refractivity contribution in [2.45, 2.75) is 32.2 Å². The molecule has 0 spiro atoms. The topological polar surface area (TPSA) is 72.5 Å². The van der Waals surface area contributed by atoms with Crippen molar-refractivity contribution in [2.75, 3.05) is 6.61 Å². The van der Waals surface area contributed by atoms with E-state index < -0.39 is 5.97 Å². The zero-order chi connectivity index (χ0) is 12.7. The van der Waals surface area contributed by atoms with E-state index >= 15 is 0 Å². The monoisotopic (exact) mass is 237 g/mol. The second kappa shape index (κ2) is 6.91. The van der Waals surface area contributed by atoms with Gasteiger partial charge in [-0.1, -0.05) is 18.2 Å². The predicted molar refractivity (Wildman–Crippen MR) is 66.1 cm³/mol. The zero-order valence-corrected chi connectivity index (χ0v) is 10.1. The minimum absolute atomic E-state index is 0.0182. The molecule has 0 amide bonds. The molecule has 1 rings (SSSR count). The number of carboxylic acids is 1. The van der Waals surface area contributed by atoms with Crippen molar-refractivity contribution in [3.63, 3.8) is 0 Å². The van der Waals surface area contributed by atoms with E-state index in [2.05, 4.69) is 0 Å². The number of aryl methyl sites for hydroxylation is 1. The molecule has 0 saturated carbocycles. The third-order valence-corrected chi connectivity index (χ3v) is 2.51. The van der Waals surface area contributed by atoms with Crippen molar-refractivity contribution in [2.24, 2.45) is 5.73 Å². The van der Waals surface area contributed by atoms with Crippen LogP contribution in [-0.4, -0.2) is 23.7 Å². The van der Waals surface area contributed by atoms with Crippen LogP contribution in [0.2, 0.25) is 0 Å². The Morgan fingerprint density at radius 3 is 2.82 bits per heavy atom. The van der Waals surface area contributed by atoms with Gasteiger partial charge in [-0.15, -0.1) is 0 Å². The smallest absolute Gasteiger partial charge is 0.304 e. The van der Waals surface area contributed by atoms with Gasteiger partial charge in [0, 0.05) is 6.04 Å². The molecule has 0 aromatic heterocycles. The van der Waals surface area contributed by atoms with Crippen LogP contribution in [0.15, 0.2) is 24.3 Å². The summed E-state index contributed by atoms with van der Waals surface area (Å²) in [5.41, 5.74) is 6.75. The fourth-order valence-corrected chi connectivity index (χ4v) is 1.57. The molecule has 1 aromatic carbocycles. The van der Waals surface area contributed by atoms with Crippen LogP contribution in [0.4, 0.5) is 0 Å². The number of ether oxygens (including phenoxy) is 1. The molecule has 0 aliphatic carbocycles. The lowest BCUT2D eigenvalue weighted by molar-refractivity contribution is -0.137. The highest BCUT2D eigenvalue weighted by Gasteiger charge is 2.07. The SMILES string of the molecule is Cc1ccccc1OCCC[C@@H](N)CC(=O)O. The summed E-state index contributed by atoms with van der Waals surface area (Å²) in [5, 5.41) is 8.54. The molecule has 94 valence electrons. The molecule has 0 radical (unpaired) electrons. The van der Waals surface area contributed by atoms with Gasteiger partial charge >= 0.3 is 5.97 Å². The largest absolute Gasteiger partial charge is 0.493 e. The van der Waals surface area contributed by atoms with Crippen LogP contribution in [0.1, 0.15) is 24.8 Å². The van der Waals surface area contributed by atoms with Gasteiger partial charge in [0.2, 0.25) is 0 Å². The van der Waals surface area contributed by atoms with Crippen LogP contribution in [0, 0.1) is 6.92 Å².